The maximum absolute atomic E-state index is 6.11. The average molecular weight is 367 g/mol. The standard InChI is InChI=1S/C20H19ClN4O/c1-26-18-9-8-15(21)13-16(18)23-19-10-11-22-20(24-19)25-12-4-6-14-5-2-3-7-17(14)25/h2-3,5,7-11,13H,4,6,12H2,1H3,(H,22,23,24). The van der Waals surface area contributed by atoms with Gasteiger partial charge in [-0.15, -0.1) is 0 Å². The Hall–Kier alpha value is -2.79. The smallest absolute Gasteiger partial charge is 0.231 e. The Labute approximate surface area is 157 Å². The van der Waals surface area contributed by atoms with E-state index in [1.807, 2.05) is 18.2 Å². The highest BCUT2D eigenvalue weighted by atomic mass is 35.5. The predicted octanol–water partition coefficient (Wildman–Crippen LogP) is 4.97. The normalized spacial score (nSPS) is 13.2. The SMILES string of the molecule is COc1ccc(Cl)cc1Nc1ccnc(N2CCCc3ccccc32)n1. The van der Waals surface area contributed by atoms with Crippen molar-refractivity contribution in [3.05, 3.63) is 65.3 Å². The van der Waals surface area contributed by atoms with Crippen LogP contribution < -0.4 is 15.0 Å². The number of anilines is 4. The molecule has 5 nitrogen and oxygen atoms in total. The van der Waals surface area contributed by atoms with Crippen LogP contribution in [-0.4, -0.2) is 23.6 Å². The number of ether oxygens (including phenoxy) is 1. The summed E-state index contributed by atoms with van der Waals surface area (Å²) in [6, 6.07) is 15.7. The number of hydrogen-bond acceptors (Lipinski definition) is 5. The molecule has 0 fully saturated rings. The Balaban J connectivity index is 1.65. The molecule has 0 saturated carbocycles. The monoisotopic (exact) mass is 366 g/mol. The average Bonchev–Trinajstić information content (AvgIpc) is 2.68. The second-order valence-electron chi connectivity index (χ2n) is 6.10. The van der Waals surface area contributed by atoms with Gasteiger partial charge < -0.3 is 15.0 Å². The molecule has 1 aliphatic heterocycles. The first-order valence-corrected chi connectivity index (χ1v) is 8.91. The first-order valence-electron chi connectivity index (χ1n) is 8.53. The number of rotatable bonds is 4. The molecule has 4 rings (SSSR count). The lowest BCUT2D eigenvalue weighted by molar-refractivity contribution is 0.417. The third kappa shape index (κ3) is 3.30. The van der Waals surface area contributed by atoms with Crippen molar-refractivity contribution in [2.24, 2.45) is 0 Å². The fraction of sp³-hybridized carbons (Fsp3) is 0.200. The Morgan fingerprint density at radius 1 is 1.15 bits per heavy atom. The van der Waals surface area contributed by atoms with Gasteiger partial charge in [0.05, 0.1) is 12.8 Å². The van der Waals surface area contributed by atoms with E-state index in [1.165, 1.54) is 11.3 Å². The number of methoxy groups -OCH3 is 1. The third-order valence-electron chi connectivity index (χ3n) is 4.42. The molecule has 0 spiro atoms. The Morgan fingerprint density at radius 3 is 2.92 bits per heavy atom. The lowest BCUT2D eigenvalue weighted by Gasteiger charge is -2.29. The largest absolute Gasteiger partial charge is 0.495 e. The summed E-state index contributed by atoms with van der Waals surface area (Å²) >= 11 is 6.11. The molecule has 1 N–H and O–H groups in total. The molecule has 0 radical (unpaired) electrons. The van der Waals surface area contributed by atoms with Gasteiger partial charge in [-0.25, -0.2) is 4.98 Å². The lowest BCUT2D eigenvalue weighted by Crippen LogP contribution is -2.26. The molecule has 0 bridgehead atoms. The molecule has 0 aliphatic carbocycles. The van der Waals surface area contributed by atoms with Gasteiger partial charge in [0, 0.05) is 23.5 Å². The maximum atomic E-state index is 6.11. The molecule has 1 aromatic heterocycles. The zero-order valence-corrected chi connectivity index (χ0v) is 15.2. The first-order chi connectivity index (χ1) is 12.7. The minimum atomic E-state index is 0.632. The maximum Gasteiger partial charge on any atom is 0.231 e. The van der Waals surface area contributed by atoms with Gasteiger partial charge in [0.15, 0.2) is 0 Å². The number of aryl methyl sites for hydroxylation is 1. The lowest BCUT2D eigenvalue weighted by atomic mass is 10.0. The highest BCUT2D eigenvalue weighted by molar-refractivity contribution is 6.31. The van der Waals surface area contributed by atoms with Gasteiger partial charge in [0.2, 0.25) is 5.95 Å². The number of nitrogens with one attached hydrogen (secondary N) is 1. The quantitative estimate of drug-likeness (QED) is 0.706. The van der Waals surface area contributed by atoms with Crippen LogP contribution in [0.2, 0.25) is 5.02 Å². The summed E-state index contributed by atoms with van der Waals surface area (Å²) in [6.45, 7) is 0.904. The minimum Gasteiger partial charge on any atom is -0.495 e. The van der Waals surface area contributed by atoms with Crippen LogP contribution in [0.25, 0.3) is 0 Å². The molecule has 2 heterocycles. The number of nitrogens with zero attached hydrogens (tertiary/aromatic N) is 3. The zero-order valence-electron chi connectivity index (χ0n) is 14.4. The van der Waals surface area contributed by atoms with Crippen molar-refractivity contribution >= 4 is 34.7 Å². The second-order valence-corrected chi connectivity index (χ2v) is 6.53. The highest BCUT2D eigenvalue weighted by Gasteiger charge is 2.20. The van der Waals surface area contributed by atoms with E-state index < -0.39 is 0 Å². The Morgan fingerprint density at radius 2 is 2.04 bits per heavy atom. The number of halogens is 1. The number of hydrogen-bond donors (Lipinski definition) is 1. The summed E-state index contributed by atoms with van der Waals surface area (Å²) in [6.07, 6.45) is 3.93. The van der Waals surface area contributed by atoms with Crippen molar-refractivity contribution in [1.29, 1.82) is 0 Å². The molecule has 6 heteroatoms. The summed E-state index contributed by atoms with van der Waals surface area (Å²) in [5, 5.41) is 3.91. The number of aromatic nitrogens is 2. The number of fused-ring (bicyclic) bond motifs is 1. The third-order valence-corrected chi connectivity index (χ3v) is 4.65. The molecule has 0 atom stereocenters. The van der Waals surface area contributed by atoms with Crippen LogP contribution in [0.1, 0.15) is 12.0 Å². The Kier molecular flexibility index (Phi) is 4.63. The fourth-order valence-corrected chi connectivity index (χ4v) is 3.38. The van der Waals surface area contributed by atoms with E-state index in [2.05, 4.69) is 39.5 Å². The molecular weight excluding hydrogens is 348 g/mol. The van der Waals surface area contributed by atoms with Gasteiger partial charge in [-0.1, -0.05) is 29.8 Å². The van der Waals surface area contributed by atoms with Gasteiger partial charge in [-0.3, -0.25) is 0 Å². The predicted molar refractivity (Wildman–Crippen MR) is 105 cm³/mol. The van der Waals surface area contributed by atoms with Crippen LogP contribution in [-0.2, 0) is 6.42 Å². The van der Waals surface area contributed by atoms with Gasteiger partial charge in [0.25, 0.3) is 0 Å². The van der Waals surface area contributed by atoms with E-state index in [4.69, 9.17) is 21.3 Å². The van der Waals surface area contributed by atoms with Crippen LogP contribution in [0, 0.1) is 0 Å². The summed E-state index contributed by atoms with van der Waals surface area (Å²) in [5.41, 5.74) is 3.28. The van der Waals surface area contributed by atoms with E-state index >= 15 is 0 Å². The van der Waals surface area contributed by atoms with Crippen LogP contribution in [0.3, 0.4) is 0 Å². The van der Waals surface area contributed by atoms with Gasteiger partial charge in [-0.2, -0.15) is 4.98 Å². The molecule has 26 heavy (non-hydrogen) atoms. The van der Waals surface area contributed by atoms with Crippen molar-refractivity contribution < 1.29 is 4.74 Å². The van der Waals surface area contributed by atoms with Crippen molar-refractivity contribution in [2.45, 2.75) is 12.8 Å². The Bertz CT molecular complexity index is 931. The van der Waals surface area contributed by atoms with E-state index in [0.29, 0.717) is 22.5 Å². The van der Waals surface area contributed by atoms with Crippen molar-refractivity contribution in [3.63, 3.8) is 0 Å². The molecule has 1 aliphatic rings. The zero-order chi connectivity index (χ0) is 17.9. The second kappa shape index (κ2) is 7.22. The summed E-state index contributed by atoms with van der Waals surface area (Å²) in [5.74, 6) is 2.08. The molecule has 2 aromatic carbocycles. The molecule has 3 aromatic rings. The van der Waals surface area contributed by atoms with Crippen molar-refractivity contribution in [3.8, 4) is 5.75 Å². The molecule has 132 valence electrons. The summed E-state index contributed by atoms with van der Waals surface area (Å²) < 4.78 is 5.39. The van der Waals surface area contributed by atoms with Crippen molar-refractivity contribution in [1.82, 2.24) is 9.97 Å². The van der Waals surface area contributed by atoms with Gasteiger partial charge >= 0.3 is 0 Å². The highest BCUT2D eigenvalue weighted by Crippen LogP contribution is 2.33. The topological polar surface area (TPSA) is 50.3 Å². The van der Waals surface area contributed by atoms with E-state index in [9.17, 15) is 0 Å². The molecule has 0 unspecified atom stereocenters. The van der Waals surface area contributed by atoms with E-state index in [-0.39, 0.29) is 0 Å². The molecule has 0 saturated heterocycles. The van der Waals surface area contributed by atoms with Crippen LogP contribution in [0.15, 0.2) is 54.7 Å². The van der Waals surface area contributed by atoms with Crippen LogP contribution in [0.4, 0.5) is 23.1 Å². The van der Waals surface area contributed by atoms with Gasteiger partial charge in [-0.05, 0) is 48.7 Å². The minimum absolute atomic E-state index is 0.632. The van der Waals surface area contributed by atoms with E-state index in [1.54, 1.807) is 19.4 Å². The van der Waals surface area contributed by atoms with Crippen molar-refractivity contribution in [2.75, 3.05) is 23.9 Å². The number of para-hydroxylation sites is 1. The van der Waals surface area contributed by atoms with Crippen LogP contribution in [0.5, 0.6) is 5.75 Å². The fourth-order valence-electron chi connectivity index (χ4n) is 3.21. The summed E-state index contributed by atoms with van der Waals surface area (Å²) in [4.78, 5) is 11.3. The van der Waals surface area contributed by atoms with E-state index in [0.717, 1.165) is 25.1 Å². The molecular formula is C20H19ClN4O. The first kappa shape index (κ1) is 16.7. The van der Waals surface area contributed by atoms with Crippen LogP contribution >= 0.6 is 11.6 Å². The molecule has 0 amide bonds. The summed E-state index contributed by atoms with van der Waals surface area (Å²) in [7, 11) is 1.63. The number of benzene rings is 2. The van der Waals surface area contributed by atoms with Gasteiger partial charge in [0.1, 0.15) is 11.6 Å².